The first kappa shape index (κ1) is 18.6. The molecule has 0 radical (unpaired) electrons. The Bertz CT molecular complexity index is 898. The lowest BCUT2D eigenvalue weighted by Gasteiger charge is -2.10. The number of hydrogen-bond acceptors (Lipinski definition) is 3. The van der Waals surface area contributed by atoms with E-state index in [0.29, 0.717) is 10.7 Å². The van der Waals surface area contributed by atoms with Gasteiger partial charge in [-0.25, -0.2) is 4.99 Å². The molecule has 4 nitrogen and oxygen atoms in total. The van der Waals surface area contributed by atoms with Crippen LogP contribution in [0.25, 0.3) is 0 Å². The van der Waals surface area contributed by atoms with Gasteiger partial charge in [-0.05, 0) is 42.3 Å². The van der Waals surface area contributed by atoms with Gasteiger partial charge < -0.3 is 5.32 Å². The number of hydrogen-bond donors (Lipinski definition) is 1. The van der Waals surface area contributed by atoms with Crippen molar-refractivity contribution in [3.63, 3.8) is 0 Å². The molecule has 1 aliphatic rings. The molecule has 1 amide bonds. The van der Waals surface area contributed by atoms with E-state index in [0.717, 1.165) is 12.1 Å². The summed E-state index contributed by atoms with van der Waals surface area (Å²) in [5.41, 5.74) is -0.0759. The highest BCUT2D eigenvalue weighted by molar-refractivity contribution is 8.02. The number of amides is 1. The van der Waals surface area contributed by atoms with Crippen LogP contribution in [0.3, 0.4) is 0 Å². The molecule has 2 aromatic rings. The Morgan fingerprint density at radius 2 is 1.85 bits per heavy atom. The minimum absolute atomic E-state index is 0.0192. The summed E-state index contributed by atoms with van der Waals surface area (Å²) >= 11 is 5.78. The van der Waals surface area contributed by atoms with Gasteiger partial charge in [0.15, 0.2) is 5.17 Å². The van der Waals surface area contributed by atoms with Crippen molar-refractivity contribution in [3.8, 4) is 0 Å². The molecule has 2 aromatic carbocycles. The molecular weight excluding hydrogens is 389 g/mol. The predicted octanol–water partition coefficient (Wildman–Crippen LogP) is 3.84. The highest BCUT2D eigenvalue weighted by Crippen LogP contribution is 2.30. The highest BCUT2D eigenvalue weighted by atomic mass is 35.5. The molecule has 26 heavy (non-hydrogen) atoms. The number of aliphatic imine (C=N–C) groups is 1. The van der Waals surface area contributed by atoms with Crippen molar-refractivity contribution in [2.24, 2.45) is 4.99 Å². The number of nitrogens with zero attached hydrogens (tertiary/aromatic N) is 1. The van der Waals surface area contributed by atoms with Crippen molar-refractivity contribution in [3.05, 3.63) is 64.7 Å². The lowest BCUT2D eigenvalue weighted by molar-refractivity contribution is -0.137. The summed E-state index contributed by atoms with van der Waals surface area (Å²) < 4.78 is 50.9. The summed E-state index contributed by atoms with van der Waals surface area (Å²) in [6.45, 7) is 0. The Balaban J connectivity index is 1.81. The first-order chi connectivity index (χ1) is 12.2. The third-order valence-corrected chi connectivity index (χ3v) is 5.43. The van der Waals surface area contributed by atoms with Crippen LogP contribution in [0, 0.1) is 0 Å². The molecule has 0 aromatic heterocycles. The molecule has 1 heterocycles. The van der Waals surface area contributed by atoms with Gasteiger partial charge in [0.05, 0.1) is 11.3 Å². The predicted molar refractivity (Wildman–Crippen MR) is 93.8 cm³/mol. The topological polar surface area (TPSA) is 58.5 Å². The first-order valence-corrected chi connectivity index (χ1v) is 9.05. The second-order valence-electron chi connectivity index (χ2n) is 5.57. The van der Waals surface area contributed by atoms with Crippen molar-refractivity contribution in [1.82, 2.24) is 5.32 Å². The van der Waals surface area contributed by atoms with Gasteiger partial charge in [0.2, 0.25) is 5.91 Å². The van der Waals surface area contributed by atoms with E-state index in [1.54, 1.807) is 24.3 Å². The van der Waals surface area contributed by atoms with Crippen LogP contribution in [0.1, 0.15) is 11.1 Å². The zero-order valence-corrected chi connectivity index (χ0v) is 14.7. The van der Waals surface area contributed by atoms with Crippen LogP contribution in [0.2, 0.25) is 5.02 Å². The van der Waals surface area contributed by atoms with E-state index in [4.69, 9.17) is 11.6 Å². The molecule has 0 bridgehead atoms. The van der Waals surface area contributed by atoms with Crippen molar-refractivity contribution in [1.29, 1.82) is 0 Å². The van der Waals surface area contributed by atoms with Crippen LogP contribution >= 0.6 is 11.6 Å². The summed E-state index contributed by atoms with van der Waals surface area (Å²) in [5.74, 6) is -0.534. The van der Waals surface area contributed by atoms with Gasteiger partial charge in [-0.3, -0.25) is 9.00 Å². The fourth-order valence-electron chi connectivity index (χ4n) is 2.43. The molecule has 0 spiro atoms. The van der Waals surface area contributed by atoms with Crippen LogP contribution in [0.15, 0.2) is 53.5 Å². The Labute approximate surface area is 154 Å². The molecule has 3 rings (SSSR count). The van der Waals surface area contributed by atoms with Gasteiger partial charge in [0, 0.05) is 5.02 Å². The monoisotopic (exact) mass is 400 g/mol. The summed E-state index contributed by atoms with van der Waals surface area (Å²) in [6, 6.07) is 11.0. The molecule has 2 unspecified atom stereocenters. The summed E-state index contributed by atoms with van der Waals surface area (Å²) in [6.07, 6.45) is -4.56. The Kier molecular flexibility index (Phi) is 5.15. The minimum Gasteiger partial charge on any atom is -0.302 e. The van der Waals surface area contributed by atoms with E-state index in [1.165, 1.54) is 12.1 Å². The van der Waals surface area contributed by atoms with Crippen LogP contribution in [-0.2, 0) is 28.2 Å². The van der Waals surface area contributed by atoms with Gasteiger partial charge in [-0.2, -0.15) is 13.2 Å². The number of rotatable bonds is 3. The normalized spacial score (nSPS) is 21.8. The second kappa shape index (κ2) is 7.20. The molecule has 1 N–H and O–H groups in total. The van der Waals surface area contributed by atoms with E-state index in [9.17, 15) is 22.2 Å². The van der Waals surface area contributed by atoms with E-state index in [1.807, 2.05) is 0 Å². The molecule has 1 saturated heterocycles. The van der Waals surface area contributed by atoms with E-state index >= 15 is 0 Å². The summed E-state index contributed by atoms with van der Waals surface area (Å²) in [5, 5.41) is 1.93. The van der Waals surface area contributed by atoms with Crippen molar-refractivity contribution >= 4 is 39.2 Å². The highest BCUT2D eigenvalue weighted by Gasteiger charge is 2.38. The maximum absolute atomic E-state index is 12.8. The zero-order chi connectivity index (χ0) is 18.9. The van der Waals surface area contributed by atoms with Crippen LogP contribution in [0.5, 0.6) is 0 Å². The van der Waals surface area contributed by atoms with E-state index in [2.05, 4.69) is 10.3 Å². The third kappa shape index (κ3) is 4.13. The van der Waals surface area contributed by atoms with E-state index < -0.39 is 33.7 Å². The fourth-order valence-corrected chi connectivity index (χ4v) is 3.82. The largest absolute Gasteiger partial charge is 0.416 e. The zero-order valence-electron chi connectivity index (χ0n) is 13.1. The molecule has 1 fully saturated rings. The lowest BCUT2D eigenvalue weighted by atomic mass is 10.1. The number of halogens is 4. The molecule has 136 valence electrons. The molecule has 2 atom stereocenters. The second-order valence-corrected chi connectivity index (χ2v) is 7.56. The molecular formula is C17H12ClF3N2O2S. The average Bonchev–Trinajstić information content (AvgIpc) is 2.84. The van der Waals surface area contributed by atoms with E-state index in [-0.39, 0.29) is 17.2 Å². The maximum Gasteiger partial charge on any atom is 0.416 e. The molecule has 0 saturated carbocycles. The number of alkyl halides is 3. The maximum atomic E-state index is 12.8. The first-order valence-electron chi connectivity index (χ1n) is 7.46. The summed E-state index contributed by atoms with van der Waals surface area (Å²) in [4.78, 5) is 16.2. The quantitative estimate of drug-likeness (QED) is 0.851. The van der Waals surface area contributed by atoms with Crippen molar-refractivity contribution < 1.29 is 22.2 Å². The van der Waals surface area contributed by atoms with Crippen molar-refractivity contribution in [2.75, 3.05) is 0 Å². The Morgan fingerprint density at radius 1 is 1.15 bits per heavy atom. The van der Waals surface area contributed by atoms with Gasteiger partial charge >= 0.3 is 6.18 Å². The summed E-state index contributed by atoms with van der Waals surface area (Å²) in [7, 11) is -1.79. The SMILES string of the molecule is O=C1NC(=Nc2ccc(Cl)cc2)S(=O)C1Cc1cccc(C(F)(F)F)c1. The van der Waals surface area contributed by atoms with Gasteiger partial charge in [-0.15, -0.1) is 0 Å². The Morgan fingerprint density at radius 3 is 2.50 bits per heavy atom. The molecule has 1 aliphatic heterocycles. The number of benzene rings is 2. The van der Waals surface area contributed by atoms with Gasteiger partial charge in [-0.1, -0.05) is 29.8 Å². The number of nitrogens with one attached hydrogen (secondary N) is 1. The van der Waals surface area contributed by atoms with Crippen molar-refractivity contribution in [2.45, 2.75) is 17.8 Å². The Hall–Kier alpha value is -2.19. The average molecular weight is 401 g/mol. The smallest absolute Gasteiger partial charge is 0.302 e. The standard InChI is InChI=1S/C17H12ClF3N2O2S/c18-12-4-6-13(7-5-12)22-16-23-15(24)14(26(16)25)9-10-2-1-3-11(8-10)17(19,20)21/h1-8,14H,9H2,(H,22,23,24). The fraction of sp³-hybridized carbons (Fsp3) is 0.176. The van der Waals surface area contributed by atoms with Crippen LogP contribution in [0.4, 0.5) is 18.9 Å². The number of amidine groups is 1. The lowest BCUT2D eigenvalue weighted by Crippen LogP contribution is -2.26. The molecule has 9 heteroatoms. The number of carbonyl (C=O) groups is 1. The minimum atomic E-state index is -4.48. The molecule has 0 aliphatic carbocycles. The van der Waals surface area contributed by atoms with Crippen LogP contribution < -0.4 is 5.32 Å². The van der Waals surface area contributed by atoms with Gasteiger partial charge in [0.25, 0.3) is 0 Å². The van der Waals surface area contributed by atoms with Gasteiger partial charge in [0.1, 0.15) is 16.0 Å². The van der Waals surface area contributed by atoms with Crippen LogP contribution in [-0.4, -0.2) is 20.5 Å². The number of carbonyl (C=O) groups excluding carboxylic acids is 1. The third-order valence-electron chi connectivity index (χ3n) is 3.70.